The number of likely N-dealkylation sites (tertiary alicyclic amines) is 1. The standard InChI is InChI=1S/C26H29N7O3/c1-31-13-10-19(26(31)36)7-5-17-9-12-29-22(15-17)33-21-8-6-18(14-20(21)24(30-33)25(28)35)16-32(2)23(34)4-3-11-27/h6,8-9,12,14-15,19H,3-4,10-11,13,16,27H2,1-2H3,(H2,28,35)/t19-/m1/s1. The molecule has 1 aliphatic heterocycles. The molecule has 0 aliphatic carbocycles. The molecule has 1 aromatic carbocycles. The van der Waals surface area contributed by atoms with Gasteiger partial charge >= 0.3 is 0 Å². The van der Waals surface area contributed by atoms with E-state index in [9.17, 15) is 14.4 Å². The first-order chi connectivity index (χ1) is 17.3. The van der Waals surface area contributed by atoms with E-state index in [4.69, 9.17) is 11.5 Å². The molecule has 10 heteroatoms. The van der Waals surface area contributed by atoms with Gasteiger partial charge in [0.2, 0.25) is 11.8 Å². The van der Waals surface area contributed by atoms with Gasteiger partial charge in [0, 0.05) is 50.8 Å². The lowest BCUT2D eigenvalue weighted by molar-refractivity contribution is -0.130. The first-order valence-corrected chi connectivity index (χ1v) is 11.8. The van der Waals surface area contributed by atoms with Crippen molar-refractivity contribution in [1.82, 2.24) is 24.6 Å². The average Bonchev–Trinajstić information content (AvgIpc) is 3.41. The molecule has 0 unspecified atom stereocenters. The number of fused-ring (bicyclic) bond motifs is 1. The monoisotopic (exact) mass is 487 g/mol. The van der Waals surface area contributed by atoms with E-state index in [-0.39, 0.29) is 23.4 Å². The lowest BCUT2D eigenvalue weighted by Gasteiger charge is -2.17. The maximum atomic E-state index is 12.3. The van der Waals surface area contributed by atoms with Crippen LogP contribution in [0.2, 0.25) is 0 Å². The second-order valence-electron chi connectivity index (χ2n) is 8.89. The van der Waals surface area contributed by atoms with E-state index in [2.05, 4.69) is 21.9 Å². The molecule has 0 bridgehead atoms. The third-order valence-electron chi connectivity index (χ3n) is 6.20. The molecular weight excluding hydrogens is 458 g/mol. The van der Waals surface area contributed by atoms with E-state index < -0.39 is 5.91 Å². The van der Waals surface area contributed by atoms with Crippen LogP contribution < -0.4 is 11.5 Å². The lowest BCUT2D eigenvalue weighted by atomic mass is 10.1. The highest BCUT2D eigenvalue weighted by atomic mass is 16.2. The van der Waals surface area contributed by atoms with E-state index in [0.717, 1.165) is 5.56 Å². The van der Waals surface area contributed by atoms with Gasteiger partial charge in [-0.2, -0.15) is 5.10 Å². The number of aromatic nitrogens is 3. The molecule has 1 saturated heterocycles. The number of carbonyl (C=O) groups is 3. The number of carbonyl (C=O) groups excluding carboxylic acids is 3. The number of primary amides is 1. The van der Waals surface area contributed by atoms with Gasteiger partial charge in [-0.25, -0.2) is 9.67 Å². The van der Waals surface area contributed by atoms with Crippen LogP contribution in [-0.2, 0) is 16.1 Å². The second-order valence-corrected chi connectivity index (χ2v) is 8.89. The summed E-state index contributed by atoms with van der Waals surface area (Å²) in [6.07, 6.45) is 3.33. The summed E-state index contributed by atoms with van der Waals surface area (Å²) in [5.74, 6) is 5.65. The number of hydrogen-bond acceptors (Lipinski definition) is 6. The highest BCUT2D eigenvalue weighted by molar-refractivity contribution is 6.04. The quantitative estimate of drug-likeness (QED) is 0.477. The van der Waals surface area contributed by atoms with Crippen molar-refractivity contribution in [3.05, 3.63) is 53.3 Å². The molecule has 0 spiro atoms. The fourth-order valence-electron chi connectivity index (χ4n) is 4.17. The highest BCUT2D eigenvalue weighted by Crippen LogP contribution is 2.24. The first-order valence-electron chi connectivity index (χ1n) is 11.8. The van der Waals surface area contributed by atoms with E-state index in [1.165, 1.54) is 0 Å². The summed E-state index contributed by atoms with van der Waals surface area (Å²) in [5, 5.41) is 5.00. The van der Waals surface area contributed by atoms with Crippen molar-refractivity contribution in [2.45, 2.75) is 25.8 Å². The topological polar surface area (TPSA) is 140 Å². The highest BCUT2D eigenvalue weighted by Gasteiger charge is 2.27. The number of rotatable bonds is 7. The largest absolute Gasteiger partial charge is 0.364 e. The van der Waals surface area contributed by atoms with Crippen molar-refractivity contribution < 1.29 is 14.4 Å². The predicted molar refractivity (Wildman–Crippen MR) is 135 cm³/mol. The molecular formula is C26H29N7O3. The summed E-state index contributed by atoms with van der Waals surface area (Å²) in [6, 6.07) is 9.04. The summed E-state index contributed by atoms with van der Waals surface area (Å²) in [7, 11) is 3.51. The summed E-state index contributed by atoms with van der Waals surface area (Å²) in [6.45, 7) is 1.54. The Morgan fingerprint density at radius 2 is 2.06 bits per heavy atom. The Bertz CT molecular complexity index is 1390. The van der Waals surface area contributed by atoms with Gasteiger partial charge in [0.25, 0.3) is 5.91 Å². The van der Waals surface area contributed by atoms with Crippen LogP contribution >= 0.6 is 0 Å². The number of hydrogen-bond donors (Lipinski definition) is 2. The smallest absolute Gasteiger partial charge is 0.269 e. The van der Waals surface area contributed by atoms with Gasteiger partial charge < -0.3 is 21.3 Å². The number of amides is 3. The molecule has 186 valence electrons. The number of nitrogens with zero attached hydrogens (tertiary/aromatic N) is 5. The van der Waals surface area contributed by atoms with E-state index >= 15 is 0 Å². The van der Waals surface area contributed by atoms with Crippen LogP contribution in [0.3, 0.4) is 0 Å². The normalized spacial score (nSPS) is 15.1. The van der Waals surface area contributed by atoms with Crippen molar-refractivity contribution >= 4 is 28.6 Å². The molecule has 0 radical (unpaired) electrons. The fraction of sp³-hybridized carbons (Fsp3) is 0.346. The Morgan fingerprint density at radius 1 is 1.25 bits per heavy atom. The van der Waals surface area contributed by atoms with Gasteiger partial charge in [-0.15, -0.1) is 0 Å². The minimum atomic E-state index is -0.664. The second kappa shape index (κ2) is 10.6. The Labute approximate surface area is 209 Å². The van der Waals surface area contributed by atoms with Crippen molar-refractivity contribution in [2.24, 2.45) is 17.4 Å². The van der Waals surface area contributed by atoms with Crippen LogP contribution in [0, 0.1) is 17.8 Å². The van der Waals surface area contributed by atoms with Gasteiger partial charge in [-0.05, 0) is 49.2 Å². The Hall–Kier alpha value is -4.23. The van der Waals surface area contributed by atoms with Crippen LogP contribution in [0.1, 0.15) is 40.9 Å². The minimum Gasteiger partial charge on any atom is -0.364 e. The van der Waals surface area contributed by atoms with Crippen LogP contribution in [0.4, 0.5) is 0 Å². The van der Waals surface area contributed by atoms with Crippen molar-refractivity contribution in [1.29, 1.82) is 0 Å². The zero-order valence-corrected chi connectivity index (χ0v) is 20.4. The molecule has 3 amide bonds. The van der Waals surface area contributed by atoms with Crippen LogP contribution in [0.5, 0.6) is 0 Å². The van der Waals surface area contributed by atoms with Gasteiger partial charge in [-0.3, -0.25) is 14.4 Å². The van der Waals surface area contributed by atoms with Gasteiger partial charge in [0.1, 0.15) is 5.92 Å². The molecule has 2 aromatic heterocycles. The van der Waals surface area contributed by atoms with Crippen molar-refractivity contribution in [2.75, 3.05) is 27.2 Å². The Kier molecular flexibility index (Phi) is 7.31. The maximum Gasteiger partial charge on any atom is 0.269 e. The summed E-state index contributed by atoms with van der Waals surface area (Å²) < 4.78 is 1.55. The summed E-state index contributed by atoms with van der Waals surface area (Å²) >= 11 is 0. The van der Waals surface area contributed by atoms with Gasteiger partial charge in [0.05, 0.1) is 5.52 Å². The molecule has 0 saturated carbocycles. The Balaban J connectivity index is 1.64. The molecule has 1 atom stereocenters. The van der Waals surface area contributed by atoms with Crippen LogP contribution in [0.15, 0.2) is 36.5 Å². The molecule has 10 nitrogen and oxygen atoms in total. The van der Waals surface area contributed by atoms with Crippen molar-refractivity contribution in [3.63, 3.8) is 0 Å². The van der Waals surface area contributed by atoms with Crippen molar-refractivity contribution in [3.8, 4) is 17.7 Å². The summed E-state index contributed by atoms with van der Waals surface area (Å²) in [4.78, 5) is 44.3. The van der Waals surface area contributed by atoms with Gasteiger partial charge in [0.15, 0.2) is 11.5 Å². The number of benzene rings is 1. The molecule has 4 rings (SSSR count). The molecule has 1 fully saturated rings. The first kappa shape index (κ1) is 24.9. The molecule has 1 aliphatic rings. The summed E-state index contributed by atoms with van der Waals surface area (Å²) in [5.41, 5.74) is 13.4. The van der Waals surface area contributed by atoms with E-state index in [1.807, 2.05) is 18.2 Å². The number of pyridine rings is 1. The maximum absolute atomic E-state index is 12.3. The molecule has 4 N–H and O–H groups in total. The third-order valence-corrected chi connectivity index (χ3v) is 6.20. The predicted octanol–water partition coefficient (Wildman–Crippen LogP) is 1.05. The molecule has 36 heavy (non-hydrogen) atoms. The zero-order chi connectivity index (χ0) is 25.8. The zero-order valence-electron chi connectivity index (χ0n) is 20.4. The fourth-order valence-corrected chi connectivity index (χ4v) is 4.17. The lowest BCUT2D eigenvalue weighted by Crippen LogP contribution is -2.26. The number of nitrogens with two attached hydrogens (primary N) is 2. The van der Waals surface area contributed by atoms with E-state index in [1.54, 1.807) is 46.9 Å². The third kappa shape index (κ3) is 5.21. The molecule has 3 aromatic rings. The molecule has 3 heterocycles. The van der Waals surface area contributed by atoms with Crippen LogP contribution in [-0.4, -0.2) is 69.5 Å². The minimum absolute atomic E-state index is 0.000518. The SMILES string of the molecule is CN(Cc1ccc2c(c1)c(C(N)=O)nn2-c1cc(C#C[C@@H]2CCN(C)C2=O)ccn1)C(=O)CCCN. The Morgan fingerprint density at radius 3 is 2.75 bits per heavy atom. The van der Waals surface area contributed by atoms with Crippen LogP contribution in [0.25, 0.3) is 16.7 Å². The van der Waals surface area contributed by atoms with E-state index in [0.29, 0.717) is 61.2 Å². The van der Waals surface area contributed by atoms with Gasteiger partial charge in [-0.1, -0.05) is 17.9 Å². The average molecular weight is 488 g/mol.